The Morgan fingerprint density at radius 2 is 1.56 bits per heavy atom. The van der Waals surface area contributed by atoms with Crippen LogP contribution in [-0.4, -0.2) is 34.1 Å². The van der Waals surface area contributed by atoms with Crippen LogP contribution < -0.4 is 5.46 Å². The molecule has 0 bridgehead atoms. The molecule has 1 fully saturated rings. The van der Waals surface area contributed by atoms with Gasteiger partial charge in [0.25, 0.3) is 0 Å². The highest BCUT2D eigenvalue weighted by atomic mass is 16.7. The number of ketones is 1. The Hall–Kier alpha value is -1.27. The van der Waals surface area contributed by atoms with Gasteiger partial charge >= 0.3 is 7.12 Å². The van der Waals surface area contributed by atoms with Crippen LogP contribution in [0.15, 0.2) is 12.4 Å². The highest BCUT2D eigenvalue weighted by Crippen LogP contribution is 2.36. The second kappa shape index (κ2) is 4.14. The third-order valence-electron chi connectivity index (χ3n) is 3.51. The molecule has 5 nitrogen and oxygen atoms in total. The van der Waals surface area contributed by atoms with Crippen molar-refractivity contribution in [2.75, 3.05) is 0 Å². The second-order valence-electron chi connectivity index (χ2n) is 5.48. The van der Waals surface area contributed by atoms with E-state index in [1.165, 1.54) is 6.92 Å². The van der Waals surface area contributed by atoms with Crippen LogP contribution in [-0.2, 0) is 9.31 Å². The molecule has 0 aromatic carbocycles. The minimum absolute atomic E-state index is 0.157. The third kappa shape index (κ3) is 2.18. The highest BCUT2D eigenvalue weighted by Gasteiger charge is 2.51. The fourth-order valence-electron chi connectivity index (χ4n) is 1.62. The van der Waals surface area contributed by atoms with Crippen molar-refractivity contribution < 1.29 is 14.1 Å². The van der Waals surface area contributed by atoms with Crippen LogP contribution in [0.4, 0.5) is 0 Å². The van der Waals surface area contributed by atoms with E-state index < -0.39 is 18.3 Å². The first-order valence-corrected chi connectivity index (χ1v) is 5.91. The van der Waals surface area contributed by atoms with Gasteiger partial charge in [0, 0.05) is 24.8 Å². The van der Waals surface area contributed by atoms with Crippen LogP contribution in [0.3, 0.4) is 0 Å². The van der Waals surface area contributed by atoms with Crippen molar-refractivity contribution in [1.29, 1.82) is 0 Å². The molecular formula is C12H17BN2O3. The van der Waals surface area contributed by atoms with Crippen LogP contribution in [0, 0.1) is 0 Å². The molecule has 2 rings (SSSR count). The average molecular weight is 248 g/mol. The molecule has 6 heteroatoms. The number of carbonyl (C=O) groups excluding carboxylic acids is 1. The first kappa shape index (κ1) is 13.2. The molecule has 0 aliphatic carbocycles. The number of nitrogens with zero attached hydrogens (tertiary/aromatic N) is 2. The van der Waals surface area contributed by atoms with Crippen LogP contribution >= 0.6 is 0 Å². The Labute approximate surface area is 107 Å². The summed E-state index contributed by atoms with van der Waals surface area (Å²) in [5.74, 6) is 0.0470. The van der Waals surface area contributed by atoms with Crippen LogP contribution in [0.2, 0.25) is 0 Å². The quantitative estimate of drug-likeness (QED) is 0.576. The molecule has 0 N–H and O–H groups in total. The number of hydrogen-bond donors (Lipinski definition) is 0. The Balaban J connectivity index is 2.22. The van der Waals surface area contributed by atoms with Gasteiger partial charge in [-0.1, -0.05) is 0 Å². The number of hydrogen-bond acceptors (Lipinski definition) is 5. The lowest BCUT2D eigenvalue weighted by Gasteiger charge is -2.32. The molecular weight excluding hydrogens is 231 g/mol. The molecule has 0 saturated carbocycles. The topological polar surface area (TPSA) is 61.3 Å². The van der Waals surface area contributed by atoms with Gasteiger partial charge in [0.05, 0.1) is 11.2 Å². The van der Waals surface area contributed by atoms with Gasteiger partial charge in [-0.2, -0.15) is 0 Å². The standard InChI is InChI=1S/C12H17BN2O3/c1-8(16)10-14-6-9(7-15-10)13-17-11(2,3)12(4,5)18-13/h6-7H,1-5H3. The summed E-state index contributed by atoms with van der Waals surface area (Å²) in [5.41, 5.74) is -0.0629. The van der Waals surface area contributed by atoms with Crippen molar-refractivity contribution >= 4 is 18.4 Å². The normalized spacial score (nSPS) is 21.1. The first-order valence-electron chi connectivity index (χ1n) is 5.91. The van der Waals surface area contributed by atoms with Gasteiger partial charge in [-0.3, -0.25) is 4.79 Å². The smallest absolute Gasteiger partial charge is 0.399 e. The van der Waals surface area contributed by atoms with E-state index in [1.54, 1.807) is 12.4 Å². The van der Waals surface area contributed by atoms with Crippen LogP contribution in [0.5, 0.6) is 0 Å². The van der Waals surface area contributed by atoms with Gasteiger partial charge < -0.3 is 9.31 Å². The Bertz CT molecular complexity index is 455. The van der Waals surface area contributed by atoms with E-state index in [0.29, 0.717) is 0 Å². The maximum atomic E-state index is 11.1. The largest absolute Gasteiger partial charge is 0.498 e. The van der Waals surface area contributed by atoms with E-state index in [4.69, 9.17) is 9.31 Å². The van der Waals surface area contributed by atoms with Gasteiger partial charge in [0.2, 0.25) is 0 Å². The minimum atomic E-state index is -0.490. The van der Waals surface area contributed by atoms with E-state index in [1.807, 2.05) is 27.7 Å². The fourth-order valence-corrected chi connectivity index (χ4v) is 1.62. The molecule has 0 unspecified atom stereocenters. The van der Waals surface area contributed by atoms with Crippen molar-refractivity contribution in [3.8, 4) is 0 Å². The summed E-state index contributed by atoms with van der Waals surface area (Å²) < 4.78 is 11.7. The lowest BCUT2D eigenvalue weighted by atomic mass is 9.81. The van der Waals surface area contributed by atoms with Gasteiger partial charge in [0.15, 0.2) is 11.6 Å². The summed E-state index contributed by atoms with van der Waals surface area (Å²) in [7, 11) is -0.490. The predicted molar refractivity (Wildman–Crippen MR) is 67.8 cm³/mol. The summed E-state index contributed by atoms with van der Waals surface area (Å²) in [6, 6.07) is 0. The maximum Gasteiger partial charge on any atom is 0.498 e. The molecule has 0 radical (unpaired) electrons. The summed E-state index contributed by atoms with van der Waals surface area (Å²) in [6.07, 6.45) is 3.15. The van der Waals surface area contributed by atoms with Crippen molar-refractivity contribution in [2.24, 2.45) is 0 Å². The van der Waals surface area contributed by atoms with E-state index >= 15 is 0 Å². The first-order chi connectivity index (χ1) is 8.23. The van der Waals surface area contributed by atoms with Crippen LogP contribution in [0.25, 0.3) is 0 Å². The summed E-state index contributed by atoms with van der Waals surface area (Å²) in [4.78, 5) is 19.1. The molecule has 18 heavy (non-hydrogen) atoms. The van der Waals surface area contributed by atoms with Crippen molar-refractivity contribution in [3.63, 3.8) is 0 Å². The van der Waals surface area contributed by atoms with E-state index in [9.17, 15) is 4.79 Å². The van der Waals surface area contributed by atoms with E-state index in [-0.39, 0.29) is 11.6 Å². The lowest BCUT2D eigenvalue weighted by Crippen LogP contribution is -2.41. The monoisotopic (exact) mass is 248 g/mol. The molecule has 0 spiro atoms. The van der Waals surface area contributed by atoms with E-state index in [0.717, 1.165) is 5.46 Å². The fraction of sp³-hybridized carbons (Fsp3) is 0.583. The minimum Gasteiger partial charge on any atom is -0.399 e. The zero-order valence-electron chi connectivity index (χ0n) is 11.4. The van der Waals surface area contributed by atoms with Gasteiger partial charge in [-0.15, -0.1) is 0 Å². The van der Waals surface area contributed by atoms with Crippen molar-refractivity contribution in [3.05, 3.63) is 18.2 Å². The highest BCUT2D eigenvalue weighted by molar-refractivity contribution is 6.61. The van der Waals surface area contributed by atoms with Crippen molar-refractivity contribution in [2.45, 2.75) is 45.8 Å². The van der Waals surface area contributed by atoms with Gasteiger partial charge in [0.1, 0.15) is 0 Å². The third-order valence-corrected chi connectivity index (χ3v) is 3.51. The van der Waals surface area contributed by atoms with Gasteiger partial charge in [-0.05, 0) is 27.7 Å². The lowest BCUT2D eigenvalue weighted by molar-refractivity contribution is 0.00578. The molecule has 96 valence electrons. The maximum absolute atomic E-state index is 11.1. The van der Waals surface area contributed by atoms with E-state index in [2.05, 4.69) is 9.97 Å². The number of carbonyl (C=O) groups is 1. The zero-order chi connectivity index (χ0) is 13.6. The number of rotatable bonds is 2. The summed E-state index contributed by atoms with van der Waals surface area (Å²) >= 11 is 0. The molecule has 1 aromatic heterocycles. The number of Topliss-reactive ketones (excluding diaryl/α,β-unsaturated/α-hetero) is 1. The molecule has 2 heterocycles. The number of aromatic nitrogens is 2. The Kier molecular flexibility index (Phi) is 3.03. The zero-order valence-corrected chi connectivity index (χ0v) is 11.4. The molecule has 1 aliphatic rings. The van der Waals surface area contributed by atoms with Crippen LogP contribution in [0.1, 0.15) is 45.2 Å². The Morgan fingerprint density at radius 3 is 1.94 bits per heavy atom. The molecule has 1 aromatic rings. The molecule has 1 saturated heterocycles. The molecule has 1 aliphatic heterocycles. The SMILES string of the molecule is CC(=O)c1ncc(B2OC(C)(C)C(C)(C)O2)cn1. The van der Waals surface area contributed by atoms with Crippen molar-refractivity contribution in [1.82, 2.24) is 9.97 Å². The average Bonchev–Trinajstić information content (AvgIpc) is 2.48. The predicted octanol–water partition coefficient (Wildman–Crippen LogP) is 0.978. The van der Waals surface area contributed by atoms with Gasteiger partial charge in [-0.25, -0.2) is 9.97 Å². The Morgan fingerprint density at radius 1 is 1.11 bits per heavy atom. The molecule has 0 amide bonds. The molecule has 0 atom stereocenters. The summed E-state index contributed by atoms with van der Waals surface area (Å²) in [6.45, 7) is 9.37. The second-order valence-corrected chi connectivity index (χ2v) is 5.48. The summed E-state index contributed by atoms with van der Waals surface area (Å²) in [5, 5.41) is 0.